The second-order valence-corrected chi connectivity index (χ2v) is 9.66. The van der Waals surface area contributed by atoms with Crippen LogP contribution in [0.4, 0.5) is 0 Å². The van der Waals surface area contributed by atoms with Gasteiger partial charge in [-0.2, -0.15) is 4.31 Å². The number of fused-ring (bicyclic) bond motifs is 1. The highest BCUT2D eigenvalue weighted by Gasteiger charge is 2.36. The molecule has 9 heteroatoms. The first-order valence-corrected chi connectivity index (χ1v) is 11.4. The van der Waals surface area contributed by atoms with E-state index >= 15 is 0 Å². The van der Waals surface area contributed by atoms with Crippen LogP contribution in [-0.4, -0.2) is 70.1 Å². The molecule has 1 saturated carbocycles. The second kappa shape index (κ2) is 7.88. The predicted octanol–water partition coefficient (Wildman–Crippen LogP) is -0.596. The average molecular weight is 411 g/mol. The molecule has 2 heterocycles. The summed E-state index contributed by atoms with van der Waals surface area (Å²) in [6.07, 6.45) is 2.90. The van der Waals surface area contributed by atoms with E-state index in [-0.39, 0.29) is 16.8 Å². The Morgan fingerprint density at radius 1 is 1.18 bits per heavy atom. The molecular weight excluding hydrogens is 382 g/mol. The minimum absolute atomic E-state index is 0.0664. The van der Waals surface area contributed by atoms with Gasteiger partial charge >= 0.3 is 0 Å². The summed E-state index contributed by atoms with van der Waals surface area (Å²) < 4.78 is 38.8. The highest BCUT2D eigenvalue weighted by Crippen LogP contribution is 2.32. The standard InChI is InChI=1S/C19H27N3O5S/c1-14(19(23)20-15-3-4-15)21-7-9-22(10-8-21)28(24,25)16-5-6-17-18(13-16)27-12-2-11-26-17/h5-6,13-15H,2-4,7-12H2,1H3,(H,20,23)/p+1/t14-/m0/s1. The van der Waals surface area contributed by atoms with E-state index in [0.717, 1.165) is 24.2 Å². The fourth-order valence-electron chi connectivity index (χ4n) is 3.64. The van der Waals surface area contributed by atoms with Crippen LogP contribution in [0, 0.1) is 0 Å². The Bertz CT molecular complexity index is 832. The predicted molar refractivity (Wildman–Crippen MR) is 102 cm³/mol. The number of ether oxygens (including phenoxy) is 2. The monoisotopic (exact) mass is 410 g/mol. The van der Waals surface area contributed by atoms with Crippen molar-refractivity contribution in [2.45, 2.75) is 43.2 Å². The quantitative estimate of drug-likeness (QED) is 0.677. The van der Waals surface area contributed by atoms with Crippen molar-refractivity contribution < 1.29 is 27.6 Å². The lowest BCUT2D eigenvalue weighted by Crippen LogP contribution is -3.19. The third kappa shape index (κ3) is 4.11. The Labute approximate surface area is 165 Å². The van der Waals surface area contributed by atoms with Crippen molar-refractivity contribution in [1.82, 2.24) is 9.62 Å². The van der Waals surface area contributed by atoms with Gasteiger partial charge in [0, 0.05) is 18.5 Å². The molecule has 154 valence electrons. The maximum absolute atomic E-state index is 13.1. The maximum atomic E-state index is 13.1. The van der Waals surface area contributed by atoms with Crippen LogP contribution in [0.15, 0.2) is 23.1 Å². The molecule has 1 aromatic carbocycles. The van der Waals surface area contributed by atoms with Gasteiger partial charge in [-0.3, -0.25) is 4.79 Å². The van der Waals surface area contributed by atoms with E-state index in [1.54, 1.807) is 18.2 Å². The Balaban J connectivity index is 1.40. The fourth-order valence-corrected chi connectivity index (χ4v) is 5.10. The van der Waals surface area contributed by atoms with E-state index in [9.17, 15) is 13.2 Å². The molecule has 4 rings (SSSR count). The van der Waals surface area contributed by atoms with Gasteiger partial charge in [-0.15, -0.1) is 0 Å². The number of hydrogen-bond acceptors (Lipinski definition) is 5. The van der Waals surface area contributed by atoms with Crippen LogP contribution in [0.5, 0.6) is 11.5 Å². The van der Waals surface area contributed by atoms with Crippen molar-refractivity contribution in [2.24, 2.45) is 0 Å². The van der Waals surface area contributed by atoms with Gasteiger partial charge in [-0.1, -0.05) is 0 Å². The van der Waals surface area contributed by atoms with Crippen molar-refractivity contribution in [3.63, 3.8) is 0 Å². The molecule has 8 nitrogen and oxygen atoms in total. The zero-order chi connectivity index (χ0) is 19.7. The highest BCUT2D eigenvalue weighted by atomic mass is 32.2. The van der Waals surface area contributed by atoms with E-state index in [2.05, 4.69) is 5.32 Å². The molecule has 1 aromatic rings. The SMILES string of the molecule is C[C@@H](C(=O)NC1CC1)[NH+]1CCN(S(=O)(=O)c2ccc3c(c2)OCCCO3)CC1. The lowest BCUT2D eigenvalue weighted by Gasteiger charge is -2.34. The van der Waals surface area contributed by atoms with E-state index in [1.807, 2.05) is 6.92 Å². The molecule has 1 amide bonds. The van der Waals surface area contributed by atoms with Crippen molar-refractivity contribution in [1.29, 1.82) is 0 Å². The minimum atomic E-state index is -3.60. The summed E-state index contributed by atoms with van der Waals surface area (Å²) in [6, 6.07) is 4.98. The third-order valence-corrected chi connectivity index (χ3v) is 7.55. The van der Waals surface area contributed by atoms with Crippen LogP contribution < -0.4 is 19.7 Å². The smallest absolute Gasteiger partial charge is 0.278 e. The molecule has 1 atom stereocenters. The molecule has 2 aliphatic heterocycles. The number of hydrogen-bond donors (Lipinski definition) is 2. The summed E-state index contributed by atoms with van der Waals surface area (Å²) in [5.74, 6) is 1.13. The fraction of sp³-hybridized carbons (Fsp3) is 0.632. The summed E-state index contributed by atoms with van der Waals surface area (Å²) in [7, 11) is -3.60. The molecule has 1 aliphatic carbocycles. The molecule has 0 unspecified atom stereocenters. The van der Waals surface area contributed by atoms with Crippen LogP contribution in [0.2, 0.25) is 0 Å². The highest BCUT2D eigenvalue weighted by molar-refractivity contribution is 7.89. The van der Waals surface area contributed by atoms with Gasteiger partial charge in [-0.25, -0.2) is 8.42 Å². The number of benzene rings is 1. The third-order valence-electron chi connectivity index (χ3n) is 5.65. The van der Waals surface area contributed by atoms with Gasteiger partial charge in [0.2, 0.25) is 10.0 Å². The second-order valence-electron chi connectivity index (χ2n) is 7.73. The van der Waals surface area contributed by atoms with Crippen molar-refractivity contribution in [2.75, 3.05) is 39.4 Å². The molecule has 0 bridgehead atoms. The maximum Gasteiger partial charge on any atom is 0.278 e. The molecule has 2 fully saturated rings. The lowest BCUT2D eigenvalue weighted by atomic mass is 10.2. The Morgan fingerprint density at radius 2 is 1.86 bits per heavy atom. The Hall–Kier alpha value is -1.84. The zero-order valence-electron chi connectivity index (χ0n) is 16.1. The number of sulfonamides is 1. The average Bonchev–Trinajstić information content (AvgIpc) is 3.53. The van der Waals surface area contributed by atoms with Gasteiger partial charge in [-0.05, 0) is 31.9 Å². The first kappa shape index (κ1) is 19.5. The summed E-state index contributed by atoms with van der Waals surface area (Å²) in [6.45, 7) is 5.02. The number of nitrogens with one attached hydrogen (secondary N) is 2. The first-order chi connectivity index (χ1) is 13.4. The number of piperazine rings is 1. The van der Waals surface area contributed by atoms with Crippen molar-refractivity contribution >= 4 is 15.9 Å². The summed E-state index contributed by atoms with van der Waals surface area (Å²) in [4.78, 5) is 13.6. The van der Waals surface area contributed by atoms with Gasteiger partial charge in [0.1, 0.15) is 0 Å². The minimum Gasteiger partial charge on any atom is -0.490 e. The molecule has 2 N–H and O–H groups in total. The van der Waals surface area contributed by atoms with Gasteiger partial charge in [0.05, 0.1) is 44.3 Å². The van der Waals surface area contributed by atoms with E-state index in [0.29, 0.717) is 56.9 Å². The topological polar surface area (TPSA) is 89.4 Å². The molecular formula is C19H28N3O5S+. The molecule has 3 aliphatic rings. The summed E-state index contributed by atoms with van der Waals surface area (Å²) in [5, 5.41) is 3.03. The van der Waals surface area contributed by atoms with Crippen LogP contribution in [-0.2, 0) is 14.8 Å². The Kier molecular flexibility index (Phi) is 5.48. The first-order valence-electron chi connectivity index (χ1n) is 10.00. The number of amides is 1. The molecule has 0 aromatic heterocycles. The molecule has 28 heavy (non-hydrogen) atoms. The van der Waals surface area contributed by atoms with Gasteiger partial charge in [0.15, 0.2) is 17.5 Å². The largest absolute Gasteiger partial charge is 0.490 e. The van der Waals surface area contributed by atoms with Crippen LogP contribution >= 0.6 is 0 Å². The van der Waals surface area contributed by atoms with Crippen LogP contribution in [0.3, 0.4) is 0 Å². The van der Waals surface area contributed by atoms with Crippen molar-refractivity contribution in [3.8, 4) is 11.5 Å². The molecule has 0 spiro atoms. The Morgan fingerprint density at radius 3 is 2.54 bits per heavy atom. The van der Waals surface area contributed by atoms with Gasteiger partial charge in [0.25, 0.3) is 5.91 Å². The summed E-state index contributed by atoms with van der Waals surface area (Å²) in [5.41, 5.74) is 0. The number of rotatable bonds is 5. The van der Waals surface area contributed by atoms with E-state index in [1.165, 1.54) is 4.31 Å². The normalized spacial score (nSPS) is 22.3. The van der Waals surface area contributed by atoms with Crippen LogP contribution in [0.25, 0.3) is 0 Å². The van der Waals surface area contributed by atoms with E-state index in [4.69, 9.17) is 9.47 Å². The molecule has 0 radical (unpaired) electrons. The zero-order valence-corrected chi connectivity index (χ0v) is 17.0. The summed E-state index contributed by atoms with van der Waals surface area (Å²) >= 11 is 0. The number of carbonyl (C=O) groups excluding carboxylic acids is 1. The number of quaternary nitrogens is 1. The molecule has 1 saturated heterocycles. The lowest BCUT2D eigenvalue weighted by molar-refractivity contribution is -0.917. The number of carbonyl (C=O) groups is 1. The van der Waals surface area contributed by atoms with Crippen molar-refractivity contribution in [3.05, 3.63) is 18.2 Å². The van der Waals surface area contributed by atoms with E-state index < -0.39 is 10.0 Å². The number of nitrogens with zero attached hydrogens (tertiary/aromatic N) is 1. The van der Waals surface area contributed by atoms with Gasteiger partial charge < -0.3 is 19.7 Å². The van der Waals surface area contributed by atoms with Crippen LogP contribution in [0.1, 0.15) is 26.2 Å².